The van der Waals surface area contributed by atoms with Gasteiger partial charge in [0.05, 0.1) is 38.4 Å². The number of fused-ring (bicyclic) bond motifs is 1. The molecule has 0 fully saturated rings. The summed E-state index contributed by atoms with van der Waals surface area (Å²) in [6.45, 7) is 6.53. The van der Waals surface area contributed by atoms with Gasteiger partial charge >= 0.3 is 0 Å². The average Bonchev–Trinajstić information content (AvgIpc) is 3.03. The van der Waals surface area contributed by atoms with Crippen molar-refractivity contribution in [3.63, 3.8) is 0 Å². The second kappa shape index (κ2) is 12.8. The number of hydrogen-bond acceptors (Lipinski definition) is 7. The molecule has 0 saturated heterocycles. The van der Waals surface area contributed by atoms with E-state index in [0.29, 0.717) is 46.1 Å². The summed E-state index contributed by atoms with van der Waals surface area (Å²) in [5.41, 5.74) is 4.71. The molecule has 43 heavy (non-hydrogen) atoms. The molecule has 0 aliphatic carbocycles. The second-order valence-electron chi connectivity index (χ2n) is 10.4. The van der Waals surface area contributed by atoms with Crippen molar-refractivity contribution in [2.45, 2.75) is 33.3 Å². The molecule has 0 bridgehead atoms. The Labute approximate surface area is 251 Å². The van der Waals surface area contributed by atoms with Crippen molar-refractivity contribution in [1.29, 1.82) is 0 Å². The Morgan fingerprint density at radius 1 is 0.860 bits per heavy atom. The molecule has 1 heterocycles. The number of benzene rings is 4. The molecule has 0 unspecified atom stereocenters. The Morgan fingerprint density at radius 3 is 2.16 bits per heavy atom. The number of methoxy groups -OCH3 is 3. The maximum Gasteiger partial charge on any atom is 0.282 e. The summed E-state index contributed by atoms with van der Waals surface area (Å²) in [4.78, 5) is 18.7. The lowest BCUT2D eigenvalue weighted by molar-refractivity contribution is 0.266. The minimum Gasteiger partial charge on any atom is -0.496 e. The second-order valence-corrected chi connectivity index (χ2v) is 10.4. The fourth-order valence-electron chi connectivity index (χ4n) is 4.94. The number of rotatable bonds is 10. The van der Waals surface area contributed by atoms with Gasteiger partial charge in [-0.25, -0.2) is 4.98 Å². The van der Waals surface area contributed by atoms with Gasteiger partial charge in [0.1, 0.15) is 12.4 Å². The third-order valence-corrected chi connectivity index (χ3v) is 7.22. The van der Waals surface area contributed by atoms with Crippen molar-refractivity contribution < 1.29 is 18.9 Å². The van der Waals surface area contributed by atoms with Crippen molar-refractivity contribution >= 4 is 17.1 Å². The van der Waals surface area contributed by atoms with Gasteiger partial charge in [-0.1, -0.05) is 56.3 Å². The Bertz CT molecular complexity index is 1820. The highest BCUT2D eigenvalue weighted by Gasteiger charge is 2.19. The topological polar surface area (TPSA) is 84.2 Å². The standard InChI is InChI=1S/C35H35N3O5/c1-22(2)27-19-28(23(3)16-30(27)40-4)34-37-29-15-11-10-14-26(29)35(39)38(34)36-20-25-17-31(41-5)33(32(18-25)42-6)43-21-24-12-8-7-9-13-24/h7-20,22H,21H2,1-6H3. The Kier molecular flexibility index (Phi) is 8.76. The molecule has 0 atom stereocenters. The fraction of sp³-hybridized carbons (Fsp3) is 0.229. The Balaban J connectivity index is 1.62. The maximum absolute atomic E-state index is 13.8. The van der Waals surface area contributed by atoms with Gasteiger partial charge in [-0.15, -0.1) is 0 Å². The van der Waals surface area contributed by atoms with E-state index >= 15 is 0 Å². The van der Waals surface area contributed by atoms with Crippen molar-refractivity contribution in [1.82, 2.24) is 9.66 Å². The summed E-state index contributed by atoms with van der Waals surface area (Å²) >= 11 is 0. The molecular weight excluding hydrogens is 542 g/mol. The number of aromatic nitrogens is 2. The molecule has 220 valence electrons. The van der Waals surface area contributed by atoms with Gasteiger partial charge in [0.2, 0.25) is 5.75 Å². The summed E-state index contributed by atoms with van der Waals surface area (Å²) < 4.78 is 24.4. The molecule has 0 aliphatic rings. The molecule has 0 saturated carbocycles. The third-order valence-electron chi connectivity index (χ3n) is 7.22. The van der Waals surface area contributed by atoms with Crippen molar-refractivity contribution in [3.8, 4) is 34.4 Å². The largest absolute Gasteiger partial charge is 0.496 e. The van der Waals surface area contributed by atoms with Crippen LogP contribution in [-0.2, 0) is 6.61 Å². The van der Waals surface area contributed by atoms with Crippen LogP contribution >= 0.6 is 0 Å². The molecule has 4 aromatic carbocycles. The summed E-state index contributed by atoms with van der Waals surface area (Å²) in [5.74, 6) is 2.86. The van der Waals surface area contributed by atoms with Gasteiger partial charge in [-0.3, -0.25) is 4.79 Å². The van der Waals surface area contributed by atoms with Gasteiger partial charge in [0.25, 0.3) is 5.56 Å². The van der Waals surface area contributed by atoms with E-state index in [1.54, 1.807) is 45.7 Å². The van der Waals surface area contributed by atoms with Crippen LogP contribution in [0, 0.1) is 6.92 Å². The third kappa shape index (κ3) is 6.09. The first-order chi connectivity index (χ1) is 20.8. The molecule has 0 N–H and O–H groups in total. The first-order valence-electron chi connectivity index (χ1n) is 14.0. The molecular formula is C35H35N3O5. The molecule has 8 nitrogen and oxygen atoms in total. The average molecular weight is 578 g/mol. The van der Waals surface area contributed by atoms with Crippen LogP contribution in [0.2, 0.25) is 0 Å². The van der Waals surface area contributed by atoms with Crippen LogP contribution in [0.25, 0.3) is 22.3 Å². The Hall–Kier alpha value is -5.11. The van der Waals surface area contributed by atoms with Crippen LogP contribution in [-0.4, -0.2) is 37.2 Å². The van der Waals surface area contributed by atoms with E-state index in [1.165, 1.54) is 4.68 Å². The van der Waals surface area contributed by atoms with Crippen LogP contribution in [0.5, 0.6) is 23.0 Å². The zero-order chi connectivity index (χ0) is 30.5. The van der Waals surface area contributed by atoms with Gasteiger partial charge in [0.15, 0.2) is 17.3 Å². The van der Waals surface area contributed by atoms with Crippen LogP contribution in [0.1, 0.15) is 42.0 Å². The molecule has 0 radical (unpaired) electrons. The van der Waals surface area contributed by atoms with Crippen molar-refractivity contribution in [3.05, 3.63) is 111 Å². The summed E-state index contributed by atoms with van der Waals surface area (Å²) in [6, 6.07) is 24.7. The van der Waals surface area contributed by atoms with Gasteiger partial charge < -0.3 is 18.9 Å². The quantitative estimate of drug-likeness (QED) is 0.167. The van der Waals surface area contributed by atoms with Crippen LogP contribution in [0.15, 0.2) is 88.8 Å². The molecule has 0 aliphatic heterocycles. The maximum atomic E-state index is 13.8. The van der Waals surface area contributed by atoms with Gasteiger partial charge in [-0.05, 0) is 65.9 Å². The van der Waals surface area contributed by atoms with E-state index in [2.05, 4.69) is 18.9 Å². The molecule has 0 spiro atoms. The van der Waals surface area contributed by atoms with E-state index < -0.39 is 0 Å². The van der Waals surface area contributed by atoms with E-state index in [4.69, 9.17) is 23.9 Å². The summed E-state index contributed by atoms with van der Waals surface area (Å²) in [6.07, 6.45) is 1.59. The highest BCUT2D eigenvalue weighted by atomic mass is 16.5. The normalized spacial score (nSPS) is 11.3. The highest BCUT2D eigenvalue weighted by molar-refractivity contribution is 5.84. The predicted molar refractivity (Wildman–Crippen MR) is 170 cm³/mol. The highest BCUT2D eigenvalue weighted by Crippen LogP contribution is 2.39. The SMILES string of the molecule is COc1cc(C)c(-c2nc3ccccc3c(=O)n2N=Cc2cc(OC)c(OCc3ccccc3)c(OC)c2)cc1C(C)C. The number of ether oxygens (including phenoxy) is 4. The monoisotopic (exact) mass is 577 g/mol. The molecule has 0 amide bonds. The number of para-hydroxylation sites is 1. The zero-order valence-electron chi connectivity index (χ0n) is 25.3. The number of aryl methyl sites for hydroxylation is 1. The predicted octanol–water partition coefficient (Wildman–Crippen LogP) is 6.98. The van der Waals surface area contributed by atoms with Crippen molar-refractivity contribution in [2.75, 3.05) is 21.3 Å². The lowest BCUT2D eigenvalue weighted by Gasteiger charge is -2.17. The van der Waals surface area contributed by atoms with E-state index in [0.717, 1.165) is 28.0 Å². The van der Waals surface area contributed by atoms with E-state index in [1.807, 2.05) is 67.6 Å². The molecule has 5 aromatic rings. The fourth-order valence-corrected chi connectivity index (χ4v) is 4.94. The molecule has 5 rings (SSSR count). The summed E-state index contributed by atoms with van der Waals surface area (Å²) in [7, 11) is 4.80. The van der Waals surface area contributed by atoms with E-state index in [9.17, 15) is 4.79 Å². The Morgan fingerprint density at radius 2 is 1.51 bits per heavy atom. The lowest BCUT2D eigenvalue weighted by atomic mass is 9.96. The van der Waals surface area contributed by atoms with Gasteiger partial charge in [0, 0.05) is 11.1 Å². The first-order valence-corrected chi connectivity index (χ1v) is 14.0. The van der Waals surface area contributed by atoms with Gasteiger partial charge in [-0.2, -0.15) is 9.78 Å². The zero-order valence-corrected chi connectivity index (χ0v) is 25.3. The molecule has 8 heteroatoms. The summed E-state index contributed by atoms with van der Waals surface area (Å²) in [5, 5.41) is 5.14. The van der Waals surface area contributed by atoms with Crippen LogP contribution < -0.4 is 24.5 Å². The van der Waals surface area contributed by atoms with Crippen molar-refractivity contribution in [2.24, 2.45) is 5.10 Å². The van der Waals surface area contributed by atoms with Crippen LogP contribution in [0.4, 0.5) is 0 Å². The minimum absolute atomic E-state index is 0.195. The lowest BCUT2D eigenvalue weighted by Crippen LogP contribution is -2.20. The molecule has 1 aromatic heterocycles. The number of nitrogens with zero attached hydrogens (tertiary/aromatic N) is 3. The first kappa shape index (κ1) is 29.4. The smallest absolute Gasteiger partial charge is 0.282 e. The van der Waals surface area contributed by atoms with Crippen LogP contribution in [0.3, 0.4) is 0 Å². The number of hydrogen-bond donors (Lipinski definition) is 0. The van der Waals surface area contributed by atoms with E-state index in [-0.39, 0.29) is 11.5 Å². The minimum atomic E-state index is -0.278.